The number of aromatic nitrogens is 1. The molecule has 0 unspecified atom stereocenters. The number of carbonyl (C=O) groups excluding carboxylic acids is 1. The van der Waals surface area contributed by atoms with Crippen molar-refractivity contribution in [2.75, 3.05) is 5.32 Å². The average Bonchev–Trinajstić information content (AvgIpc) is 2.70. The molecule has 0 aliphatic carbocycles. The molecule has 1 aromatic heterocycles. The number of carbonyl (C=O) groups is 1. The molecule has 0 bridgehead atoms. The summed E-state index contributed by atoms with van der Waals surface area (Å²) in [5.41, 5.74) is -1.25. The van der Waals surface area contributed by atoms with Gasteiger partial charge in [0.1, 0.15) is 5.69 Å². The van der Waals surface area contributed by atoms with Crippen LogP contribution in [0.4, 0.5) is 5.69 Å². The summed E-state index contributed by atoms with van der Waals surface area (Å²) < 4.78 is 1.78. The van der Waals surface area contributed by atoms with Gasteiger partial charge >= 0.3 is 0 Å². The number of anilines is 1. The predicted octanol–water partition coefficient (Wildman–Crippen LogP) is 2.74. The van der Waals surface area contributed by atoms with Crippen LogP contribution in [0, 0.1) is 0 Å². The second-order valence-corrected chi connectivity index (χ2v) is 5.95. The molecule has 1 heterocycles. The summed E-state index contributed by atoms with van der Waals surface area (Å²) in [7, 11) is 0. The summed E-state index contributed by atoms with van der Waals surface area (Å²) in [5.74, 6) is -0.680. The number of benzene rings is 2. The molecule has 0 radical (unpaired) electrons. The fourth-order valence-corrected chi connectivity index (χ4v) is 2.82. The molecule has 3 rings (SSSR count). The van der Waals surface area contributed by atoms with Crippen LogP contribution in [0.15, 0.2) is 83.9 Å². The average molecular weight is 348 g/mol. The van der Waals surface area contributed by atoms with Crippen molar-refractivity contribution in [2.45, 2.75) is 19.1 Å². The normalized spacial score (nSPS) is 11.2. The van der Waals surface area contributed by atoms with Crippen LogP contribution in [0.2, 0.25) is 0 Å². The smallest absolute Gasteiger partial charge is 0.265 e. The maximum Gasteiger partial charge on any atom is 0.265 e. The van der Waals surface area contributed by atoms with E-state index in [0.717, 1.165) is 0 Å². The van der Waals surface area contributed by atoms with E-state index in [2.05, 4.69) is 5.32 Å². The third-order valence-corrected chi connectivity index (χ3v) is 4.30. The first-order chi connectivity index (χ1) is 12.6. The number of rotatable bonds is 5. The Morgan fingerprint density at radius 3 is 2.04 bits per heavy atom. The topological polar surface area (TPSA) is 71.3 Å². The van der Waals surface area contributed by atoms with Gasteiger partial charge in [-0.25, -0.2) is 0 Å². The Morgan fingerprint density at radius 2 is 1.54 bits per heavy atom. The summed E-state index contributed by atoms with van der Waals surface area (Å²) in [6.07, 6.45) is 3.22. The van der Waals surface area contributed by atoms with Gasteiger partial charge in [0.25, 0.3) is 5.91 Å². The first kappa shape index (κ1) is 17.6. The van der Waals surface area contributed by atoms with E-state index in [1.165, 1.54) is 6.07 Å². The molecule has 5 heteroatoms. The highest BCUT2D eigenvalue weighted by atomic mass is 16.3. The number of nitrogens with one attached hydrogen (secondary N) is 1. The summed E-state index contributed by atoms with van der Waals surface area (Å²) in [4.78, 5) is 25.2. The van der Waals surface area contributed by atoms with Crippen LogP contribution in [0.3, 0.4) is 0 Å². The summed E-state index contributed by atoms with van der Waals surface area (Å²) >= 11 is 0. The van der Waals surface area contributed by atoms with Gasteiger partial charge in [0.05, 0.1) is 0 Å². The molecule has 0 fully saturated rings. The van der Waals surface area contributed by atoms with Gasteiger partial charge in [0.15, 0.2) is 5.60 Å². The molecule has 5 nitrogen and oxygen atoms in total. The second-order valence-electron chi connectivity index (χ2n) is 5.95. The van der Waals surface area contributed by atoms with Gasteiger partial charge in [-0.05, 0) is 18.1 Å². The number of hydrogen-bond acceptors (Lipinski definition) is 3. The zero-order valence-electron chi connectivity index (χ0n) is 14.4. The van der Waals surface area contributed by atoms with Gasteiger partial charge in [0.2, 0.25) is 5.43 Å². The predicted molar refractivity (Wildman–Crippen MR) is 101 cm³/mol. The van der Waals surface area contributed by atoms with Crippen molar-refractivity contribution in [1.82, 2.24) is 4.57 Å². The SMILES string of the molecule is CCn1ccc(=O)c(NC(=O)C(O)(c2ccccc2)c2ccccc2)c1. The number of pyridine rings is 1. The van der Waals surface area contributed by atoms with Gasteiger partial charge < -0.3 is 15.0 Å². The number of aryl methyl sites for hydroxylation is 1. The van der Waals surface area contributed by atoms with Crippen molar-refractivity contribution in [2.24, 2.45) is 0 Å². The first-order valence-electron chi connectivity index (χ1n) is 8.40. The van der Waals surface area contributed by atoms with Gasteiger partial charge in [-0.15, -0.1) is 0 Å². The fraction of sp³-hybridized carbons (Fsp3) is 0.143. The third-order valence-electron chi connectivity index (χ3n) is 4.30. The van der Waals surface area contributed by atoms with Crippen molar-refractivity contribution < 1.29 is 9.90 Å². The Balaban J connectivity index is 2.06. The Labute approximate surface area is 151 Å². The summed E-state index contributed by atoms with van der Waals surface area (Å²) in [6.45, 7) is 2.59. The largest absolute Gasteiger partial charge is 0.372 e. The van der Waals surface area contributed by atoms with E-state index in [4.69, 9.17) is 0 Å². The molecular weight excluding hydrogens is 328 g/mol. The molecule has 0 saturated carbocycles. The molecule has 3 aromatic rings. The molecule has 0 atom stereocenters. The Kier molecular flexibility index (Phi) is 5.00. The minimum atomic E-state index is -1.91. The first-order valence-corrected chi connectivity index (χ1v) is 8.40. The lowest BCUT2D eigenvalue weighted by atomic mass is 9.85. The van der Waals surface area contributed by atoms with Crippen molar-refractivity contribution in [1.29, 1.82) is 0 Å². The van der Waals surface area contributed by atoms with Crippen LogP contribution >= 0.6 is 0 Å². The van der Waals surface area contributed by atoms with E-state index in [0.29, 0.717) is 17.7 Å². The van der Waals surface area contributed by atoms with E-state index in [-0.39, 0.29) is 11.1 Å². The van der Waals surface area contributed by atoms with Gasteiger partial charge in [-0.3, -0.25) is 9.59 Å². The molecule has 2 N–H and O–H groups in total. The highest BCUT2D eigenvalue weighted by Crippen LogP contribution is 2.30. The van der Waals surface area contributed by atoms with Crippen LogP contribution in [0.25, 0.3) is 0 Å². The fourth-order valence-electron chi connectivity index (χ4n) is 2.82. The van der Waals surface area contributed by atoms with Gasteiger partial charge in [-0.2, -0.15) is 0 Å². The highest BCUT2D eigenvalue weighted by Gasteiger charge is 2.40. The van der Waals surface area contributed by atoms with Crippen LogP contribution < -0.4 is 10.7 Å². The number of aliphatic hydroxyl groups is 1. The van der Waals surface area contributed by atoms with Crippen LogP contribution in [0.5, 0.6) is 0 Å². The van der Waals surface area contributed by atoms with Gasteiger partial charge in [-0.1, -0.05) is 60.7 Å². The molecule has 2 aromatic carbocycles. The molecule has 26 heavy (non-hydrogen) atoms. The van der Waals surface area contributed by atoms with Crippen LogP contribution in [-0.2, 0) is 16.9 Å². The van der Waals surface area contributed by atoms with Crippen molar-refractivity contribution in [3.8, 4) is 0 Å². The zero-order valence-corrected chi connectivity index (χ0v) is 14.4. The van der Waals surface area contributed by atoms with Crippen molar-refractivity contribution in [3.63, 3.8) is 0 Å². The molecule has 0 spiro atoms. The van der Waals surface area contributed by atoms with Crippen molar-refractivity contribution in [3.05, 3.63) is 100 Å². The quantitative estimate of drug-likeness (QED) is 0.745. The number of amides is 1. The van der Waals surface area contributed by atoms with E-state index in [9.17, 15) is 14.7 Å². The lowest BCUT2D eigenvalue weighted by Crippen LogP contribution is -2.42. The maximum absolute atomic E-state index is 13.1. The zero-order chi connectivity index (χ0) is 18.6. The number of nitrogens with zero attached hydrogens (tertiary/aromatic N) is 1. The molecule has 1 amide bonds. The third kappa shape index (κ3) is 3.30. The lowest BCUT2D eigenvalue weighted by Gasteiger charge is -2.28. The molecular formula is C21H20N2O3. The molecule has 0 saturated heterocycles. The van der Waals surface area contributed by atoms with E-state index in [1.54, 1.807) is 65.5 Å². The maximum atomic E-state index is 13.1. The van der Waals surface area contributed by atoms with Crippen LogP contribution in [-0.4, -0.2) is 15.6 Å². The molecule has 0 aliphatic heterocycles. The highest BCUT2D eigenvalue weighted by molar-refractivity contribution is 6.00. The standard InChI is InChI=1S/C21H20N2O3/c1-2-23-14-13-19(24)18(15-23)22-20(25)21(26,16-9-5-3-6-10-16)17-11-7-4-8-12-17/h3-15,26H,2H2,1H3,(H,22,25). The Morgan fingerprint density at radius 1 is 1.00 bits per heavy atom. The van der Waals surface area contributed by atoms with E-state index in [1.807, 2.05) is 19.1 Å². The molecule has 132 valence electrons. The van der Waals surface area contributed by atoms with E-state index >= 15 is 0 Å². The molecule has 0 aliphatic rings. The Bertz CT molecular complexity index is 910. The minimum Gasteiger partial charge on any atom is -0.372 e. The second kappa shape index (κ2) is 7.37. The summed E-state index contributed by atoms with van der Waals surface area (Å²) in [6, 6.07) is 18.8. The lowest BCUT2D eigenvalue weighted by molar-refractivity contribution is -0.131. The van der Waals surface area contributed by atoms with E-state index < -0.39 is 11.5 Å². The Hall–Kier alpha value is -3.18. The van der Waals surface area contributed by atoms with Gasteiger partial charge in [0, 0.05) is 25.0 Å². The monoisotopic (exact) mass is 348 g/mol. The minimum absolute atomic E-state index is 0.129. The summed E-state index contributed by atoms with van der Waals surface area (Å²) in [5, 5.41) is 14.0. The van der Waals surface area contributed by atoms with Crippen LogP contribution in [0.1, 0.15) is 18.1 Å². The van der Waals surface area contributed by atoms with Crippen molar-refractivity contribution >= 4 is 11.6 Å². The number of hydrogen-bond donors (Lipinski definition) is 2.